The molecule has 0 aliphatic rings. The van der Waals surface area contributed by atoms with Crippen LogP contribution in [0.15, 0.2) is 59.7 Å². The number of ether oxygens (including phenoxy) is 2. The fourth-order valence-corrected chi connectivity index (χ4v) is 3.34. The topological polar surface area (TPSA) is 71.9 Å². The Hall–Kier alpha value is -2.55. The van der Waals surface area contributed by atoms with Crippen molar-refractivity contribution >= 4 is 81.6 Å². The van der Waals surface area contributed by atoms with Crippen LogP contribution >= 0.6 is 58.6 Å². The third-order valence-electron chi connectivity index (χ3n) is 4.10. The number of carbonyl (C=O) groups excluding carboxylic acids is 1. The molecule has 0 heterocycles. The molecule has 0 bridgehead atoms. The molecule has 3 rings (SSSR count). The number of thiocarbonyl (C=S) groups is 1. The van der Waals surface area contributed by atoms with Crippen LogP contribution in [0.4, 0.5) is 5.69 Å². The molecule has 0 aromatic heterocycles. The maximum Gasteiger partial charge on any atom is 0.343 e. The summed E-state index contributed by atoms with van der Waals surface area (Å²) < 4.78 is 10.7. The molecule has 0 atom stereocenters. The number of esters is 1. The van der Waals surface area contributed by atoms with Gasteiger partial charge >= 0.3 is 5.97 Å². The molecule has 0 aliphatic carbocycles. The second-order valence-electron chi connectivity index (χ2n) is 6.38. The number of hydrogen-bond donors (Lipinski definition) is 2. The fraction of sp³-hybridized carbons (Fsp3) is 0.0455. The van der Waals surface area contributed by atoms with Gasteiger partial charge in [-0.05, 0) is 72.4 Å². The molecule has 0 amide bonds. The maximum atomic E-state index is 12.4. The highest BCUT2D eigenvalue weighted by Crippen LogP contribution is 2.29. The summed E-state index contributed by atoms with van der Waals surface area (Å²) in [5, 5.41) is 8.77. The number of nitrogens with one attached hydrogen (secondary N) is 2. The van der Waals surface area contributed by atoms with Gasteiger partial charge in [-0.15, -0.1) is 0 Å². The summed E-state index contributed by atoms with van der Waals surface area (Å²) in [6.07, 6.45) is 1.51. The smallest absolute Gasteiger partial charge is 0.343 e. The van der Waals surface area contributed by atoms with Crippen molar-refractivity contribution in [3.8, 4) is 11.5 Å². The second kappa shape index (κ2) is 11.5. The molecular weight excluding hydrogens is 528 g/mol. The molecule has 0 saturated heterocycles. The van der Waals surface area contributed by atoms with Gasteiger partial charge in [-0.2, -0.15) is 5.10 Å². The lowest BCUT2D eigenvalue weighted by Gasteiger charge is -2.11. The minimum absolute atomic E-state index is 0.217. The third-order valence-corrected chi connectivity index (χ3v) is 5.60. The number of methoxy groups -OCH3 is 1. The molecule has 0 unspecified atom stereocenters. The zero-order valence-electron chi connectivity index (χ0n) is 16.9. The zero-order chi connectivity index (χ0) is 24.0. The Balaban J connectivity index is 1.64. The fourth-order valence-electron chi connectivity index (χ4n) is 2.54. The maximum absolute atomic E-state index is 12.4. The van der Waals surface area contributed by atoms with Crippen LogP contribution < -0.4 is 20.2 Å². The van der Waals surface area contributed by atoms with E-state index >= 15 is 0 Å². The summed E-state index contributed by atoms with van der Waals surface area (Å²) in [6, 6.07) is 14.3. The predicted molar refractivity (Wildman–Crippen MR) is 138 cm³/mol. The van der Waals surface area contributed by atoms with Crippen molar-refractivity contribution in [1.82, 2.24) is 5.43 Å². The standard InChI is InChI=1S/C22H15Cl4N3O3S/c1-31-20-8-12(11-27-29-22(33)28-18-10-14(23)4-6-16(18)25)2-7-19(20)32-21(30)13-3-5-15(24)17(26)9-13/h2-11H,1H3,(H2,28,29,33)/b27-11-. The van der Waals surface area contributed by atoms with Crippen LogP contribution in [-0.2, 0) is 0 Å². The van der Waals surface area contributed by atoms with E-state index in [1.807, 2.05) is 0 Å². The molecule has 0 saturated carbocycles. The highest BCUT2D eigenvalue weighted by atomic mass is 35.5. The number of hydrazone groups is 1. The molecule has 3 aromatic carbocycles. The third kappa shape index (κ3) is 6.96. The number of hydrogen-bond acceptors (Lipinski definition) is 5. The SMILES string of the molecule is COc1cc(/C=N\NC(=S)Nc2cc(Cl)ccc2Cl)ccc1OC(=O)c1ccc(Cl)c(Cl)c1. The van der Waals surface area contributed by atoms with Gasteiger partial charge in [0.1, 0.15) is 0 Å². The van der Waals surface area contributed by atoms with Gasteiger partial charge in [0.15, 0.2) is 16.6 Å². The minimum atomic E-state index is -0.606. The van der Waals surface area contributed by atoms with Gasteiger partial charge in [-0.3, -0.25) is 5.43 Å². The van der Waals surface area contributed by atoms with Crippen LogP contribution in [0.1, 0.15) is 15.9 Å². The van der Waals surface area contributed by atoms with E-state index < -0.39 is 5.97 Å². The first-order valence-electron chi connectivity index (χ1n) is 9.17. The highest BCUT2D eigenvalue weighted by Gasteiger charge is 2.14. The quantitative estimate of drug-likeness (QED) is 0.117. The van der Waals surface area contributed by atoms with Gasteiger partial charge in [0.25, 0.3) is 0 Å². The van der Waals surface area contributed by atoms with Gasteiger partial charge < -0.3 is 14.8 Å². The summed E-state index contributed by atoms with van der Waals surface area (Å²) in [7, 11) is 1.46. The Morgan fingerprint density at radius 3 is 2.42 bits per heavy atom. The second-order valence-corrected chi connectivity index (χ2v) is 8.44. The van der Waals surface area contributed by atoms with Crippen LogP contribution in [0.5, 0.6) is 11.5 Å². The first-order valence-corrected chi connectivity index (χ1v) is 11.1. The Labute approximate surface area is 215 Å². The first-order chi connectivity index (χ1) is 15.8. The van der Waals surface area contributed by atoms with Crippen molar-refractivity contribution in [2.24, 2.45) is 5.10 Å². The summed E-state index contributed by atoms with van der Waals surface area (Å²) in [5.41, 5.74) is 4.14. The largest absolute Gasteiger partial charge is 0.493 e. The Bertz CT molecular complexity index is 1240. The van der Waals surface area contributed by atoms with Gasteiger partial charge in [0.2, 0.25) is 0 Å². The van der Waals surface area contributed by atoms with Crippen LogP contribution in [0, 0.1) is 0 Å². The normalized spacial score (nSPS) is 10.7. The number of rotatable bonds is 6. The van der Waals surface area contributed by atoms with Crippen LogP contribution in [0.3, 0.4) is 0 Å². The Morgan fingerprint density at radius 2 is 1.70 bits per heavy atom. The summed E-state index contributed by atoms with van der Waals surface area (Å²) >= 11 is 29.1. The molecule has 33 heavy (non-hydrogen) atoms. The van der Waals surface area contributed by atoms with Crippen LogP contribution in [0.25, 0.3) is 0 Å². The predicted octanol–water partition coefficient (Wildman–Crippen LogP) is 6.85. The van der Waals surface area contributed by atoms with Crippen LogP contribution in [0.2, 0.25) is 20.1 Å². The molecular formula is C22H15Cl4N3O3S. The molecule has 3 aromatic rings. The Kier molecular flexibility index (Phi) is 8.77. The van der Waals surface area contributed by atoms with E-state index in [0.29, 0.717) is 32.1 Å². The molecule has 0 fully saturated rings. The van der Waals surface area contributed by atoms with Crippen LogP contribution in [-0.4, -0.2) is 24.4 Å². The van der Waals surface area contributed by atoms with Gasteiger partial charge in [-0.25, -0.2) is 4.79 Å². The van der Waals surface area contributed by atoms with Crippen molar-refractivity contribution in [3.05, 3.63) is 85.8 Å². The van der Waals surface area contributed by atoms with Crippen molar-refractivity contribution in [1.29, 1.82) is 0 Å². The van der Waals surface area contributed by atoms with Gasteiger partial charge in [0.05, 0.1) is 39.6 Å². The van der Waals surface area contributed by atoms with Crippen molar-refractivity contribution < 1.29 is 14.3 Å². The Morgan fingerprint density at radius 1 is 0.939 bits per heavy atom. The number of benzene rings is 3. The number of nitrogens with zero attached hydrogens (tertiary/aromatic N) is 1. The summed E-state index contributed by atoms with van der Waals surface area (Å²) in [4.78, 5) is 12.4. The average molecular weight is 543 g/mol. The lowest BCUT2D eigenvalue weighted by Crippen LogP contribution is -2.24. The van der Waals surface area contributed by atoms with E-state index in [2.05, 4.69) is 15.8 Å². The monoisotopic (exact) mass is 541 g/mol. The van der Waals surface area contributed by atoms with E-state index in [1.165, 1.54) is 31.5 Å². The molecule has 170 valence electrons. The number of carbonyl (C=O) groups is 1. The number of anilines is 1. The molecule has 0 spiro atoms. The van der Waals surface area contributed by atoms with Crippen molar-refractivity contribution in [2.45, 2.75) is 0 Å². The average Bonchev–Trinajstić information content (AvgIpc) is 2.79. The zero-order valence-corrected chi connectivity index (χ0v) is 20.7. The highest BCUT2D eigenvalue weighted by molar-refractivity contribution is 7.80. The molecule has 0 radical (unpaired) electrons. The van der Waals surface area contributed by atoms with Crippen molar-refractivity contribution in [3.63, 3.8) is 0 Å². The van der Waals surface area contributed by atoms with Crippen molar-refractivity contribution in [2.75, 3.05) is 12.4 Å². The van der Waals surface area contributed by atoms with E-state index in [4.69, 9.17) is 68.1 Å². The van der Waals surface area contributed by atoms with Gasteiger partial charge in [0, 0.05) is 5.02 Å². The van der Waals surface area contributed by atoms with E-state index in [1.54, 1.807) is 36.4 Å². The first kappa shape index (κ1) is 25.1. The summed E-state index contributed by atoms with van der Waals surface area (Å²) in [5.74, 6) is -0.0451. The summed E-state index contributed by atoms with van der Waals surface area (Å²) in [6.45, 7) is 0. The molecule has 2 N–H and O–H groups in total. The number of halogens is 4. The molecule has 11 heteroatoms. The van der Waals surface area contributed by atoms with E-state index in [0.717, 1.165) is 0 Å². The van der Waals surface area contributed by atoms with E-state index in [-0.39, 0.29) is 21.4 Å². The molecule has 6 nitrogen and oxygen atoms in total. The lowest BCUT2D eigenvalue weighted by atomic mass is 10.2. The van der Waals surface area contributed by atoms with Gasteiger partial charge in [-0.1, -0.05) is 46.4 Å². The molecule has 0 aliphatic heterocycles. The minimum Gasteiger partial charge on any atom is -0.493 e. The lowest BCUT2D eigenvalue weighted by molar-refractivity contribution is 0.0729. The van der Waals surface area contributed by atoms with E-state index in [9.17, 15) is 4.79 Å².